The van der Waals surface area contributed by atoms with Gasteiger partial charge in [0.25, 0.3) is 0 Å². The average Bonchev–Trinajstić information content (AvgIpc) is 2.47. The van der Waals surface area contributed by atoms with Gasteiger partial charge in [0, 0.05) is 18.2 Å². The number of carbonyl (C=O) groups is 2. The summed E-state index contributed by atoms with van der Waals surface area (Å²) < 4.78 is 10.6. The highest BCUT2D eigenvalue weighted by Crippen LogP contribution is 2.25. The van der Waals surface area contributed by atoms with Crippen LogP contribution in [0.2, 0.25) is 0 Å². The zero-order chi connectivity index (χ0) is 21.0. The highest BCUT2D eigenvalue weighted by atomic mass is 16.6. The highest BCUT2D eigenvalue weighted by Gasteiger charge is 2.30. The summed E-state index contributed by atoms with van der Waals surface area (Å²) in [5.74, 6) is -0.799. The van der Waals surface area contributed by atoms with Gasteiger partial charge in [-0.25, -0.2) is 9.59 Å². The molecule has 1 atom stereocenters. The van der Waals surface area contributed by atoms with Gasteiger partial charge in [-0.15, -0.1) is 0 Å². The van der Waals surface area contributed by atoms with E-state index < -0.39 is 35.9 Å². The van der Waals surface area contributed by atoms with Gasteiger partial charge in [-0.05, 0) is 54.0 Å². The van der Waals surface area contributed by atoms with Crippen LogP contribution >= 0.6 is 0 Å². The number of aromatic nitrogens is 1. The quantitative estimate of drug-likeness (QED) is 0.669. The van der Waals surface area contributed by atoms with Crippen molar-refractivity contribution < 1.29 is 29.3 Å². The minimum absolute atomic E-state index is 0.0229. The topological polar surface area (TPSA) is 118 Å². The van der Waals surface area contributed by atoms with Gasteiger partial charge < -0.3 is 25.0 Å². The molecule has 1 rings (SSSR count). The molecular formula is C19H30N2O6. The zero-order valence-corrected chi connectivity index (χ0v) is 17.0. The molecule has 3 N–H and O–H groups in total. The Morgan fingerprint density at radius 2 is 1.70 bits per heavy atom. The van der Waals surface area contributed by atoms with E-state index in [1.54, 1.807) is 48.5 Å². The molecule has 8 nitrogen and oxygen atoms in total. The molecule has 152 valence electrons. The number of nitrogens with zero attached hydrogens (tertiary/aromatic N) is 1. The first-order valence-corrected chi connectivity index (χ1v) is 8.73. The van der Waals surface area contributed by atoms with E-state index in [1.165, 1.54) is 6.20 Å². The number of aliphatic hydroxyl groups excluding tert-OH is 1. The summed E-state index contributed by atoms with van der Waals surface area (Å²) in [6.45, 7) is 11.4. The van der Waals surface area contributed by atoms with Crippen LogP contribution in [-0.4, -0.2) is 44.5 Å². The molecule has 0 spiro atoms. The largest absolute Gasteiger partial charge is 0.506 e. The van der Waals surface area contributed by atoms with Gasteiger partial charge in [-0.1, -0.05) is 0 Å². The molecule has 0 saturated heterocycles. The number of alkyl carbamates (subject to hydrolysis) is 1. The van der Waals surface area contributed by atoms with Crippen molar-refractivity contribution in [1.82, 2.24) is 10.3 Å². The molecule has 0 bridgehead atoms. The molecule has 1 aromatic heterocycles. The second-order valence-corrected chi connectivity index (χ2v) is 8.29. The molecule has 0 aliphatic heterocycles. The van der Waals surface area contributed by atoms with Crippen LogP contribution in [0.15, 0.2) is 6.20 Å². The Labute approximate surface area is 159 Å². The Morgan fingerprint density at radius 3 is 2.19 bits per heavy atom. The molecule has 1 aromatic rings. The minimum Gasteiger partial charge on any atom is -0.506 e. The number of nitrogens with one attached hydrogen (secondary N) is 1. The van der Waals surface area contributed by atoms with Crippen LogP contribution in [-0.2, 0) is 27.3 Å². The number of aliphatic hydroxyl groups is 1. The standard InChI is InChI=1S/C19H30N2O6/c1-11-15(23)13(10-22)12(9-20-11)8-14(16(24)26-18(2,3)4)21-17(25)27-19(5,6)7/h9,14,22-23H,8,10H2,1-7H3,(H,21,25)/t14-/m0/s1. The lowest BCUT2D eigenvalue weighted by molar-refractivity contribution is -0.157. The summed E-state index contributed by atoms with van der Waals surface area (Å²) in [7, 11) is 0. The summed E-state index contributed by atoms with van der Waals surface area (Å²) >= 11 is 0. The molecule has 8 heteroatoms. The normalized spacial score (nSPS) is 13.0. The molecule has 0 aromatic carbocycles. The minimum atomic E-state index is -1.08. The van der Waals surface area contributed by atoms with E-state index in [0.717, 1.165) is 0 Å². The number of rotatable bonds is 5. The van der Waals surface area contributed by atoms with Crippen molar-refractivity contribution in [2.75, 3.05) is 0 Å². The maximum atomic E-state index is 12.6. The molecule has 0 saturated carbocycles. The Kier molecular flexibility index (Phi) is 7.19. The predicted octanol–water partition coefficient (Wildman–Crippen LogP) is 2.37. The number of esters is 1. The first-order chi connectivity index (χ1) is 12.2. The molecule has 0 fully saturated rings. The number of ether oxygens (including phenoxy) is 2. The maximum Gasteiger partial charge on any atom is 0.408 e. The lowest BCUT2D eigenvalue weighted by Gasteiger charge is -2.26. The van der Waals surface area contributed by atoms with Crippen molar-refractivity contribution in [3.05, 3.63) is 23.0 Å². The van der Waals surface area contributed by atoms with Crippen LogP contribution in [0.4, 0.5) is 4.79 Å². The Hall–Kier alpha value is -2.35. The van der Waals surface area contributed by atoms with Crippen molar-refractivity contribution >= 4 is 12.1 Å². The predicted molar refractivity (Wildman–Crippen MR) is 99.3 cm³/mol. The van der Waals surface area contributed by atoms with Crippen molar-refractivity contribution in [2.45, 2.75) is 78.7 Å². The van der Waals surface area contributed by atoms with Crippen LogP contribution in [0, 0.1) is 6.92 Å². The summed E-state index contributed by atoms with van der Waals surface area (Å²) in [4.78, 5) is 28.8. The van der Waals surface area contributed by atoms with E-state index >= 15 is 0 Å². The SMILES string of the molecule is Cc1ncc(C[C@H](NC(=O)OC(C)(C)C)C(=O)OC(C)(C)C)c(CO)c1O. The van der Waals surface area contributed by atoms with Gasteiger partial charge >= 0.3 is 12.1 Å². The average molecular weight is 382 g/mol. The fourth-order valence-electron chi connectivity index (χ4n) is 2.27. The van der Waals surface area contributed by atoms with Crippen LogP contribution < -0.4 is 5.32 Å². The van der Waals surface area contributed by atoms with E-state index in [-0.39, 0.29) is 17.7 Å². The van der Waals surface area contributed by atoms with Gasteiger partial charge in [0.2, 0.25) is 0 Å². The fraction of sp³-hybridized carbons (Fsp3) is 0.632. The van der Waals surface area contributed by atoms with E-state index in [1.807, 2.05) is 0 Å². The first-order valence-electron chi connectivity index (χ1n) is 8.73. The lowest BCUT2D eigenvalue weighted by Crippen LogP contribution is -2.47. The number of hydrogen-bond donors (Lipinski definition) is 3. The smallest absolute Gasteiger partial charge is 0.408 e. The van der Waals surface area contributed by atoms with Gasteiger partial charge in [0.05, 0.1) is 12.3 Å². The van der Waals surface area contributed by atoms with E-state index in [4.69, 9.17) is 9.47 Å². The molecule has 0 aliphatic rings. The van der Waals surface area contributed by atoms with Gasteiger partial charge in [0.1, 0.15) is 23.0 Å². The Balaban J connectivity index is 3.13. The monoisotopic (exact) mass is 382 g/mol. The molecule has 0 radical (unpaired) electrons. The number of hydrogen-bond acceptors (Lipinski definition) is 7. The number of aromatic hydroxyl groups is 1. The van der Waals surface area contributed by atoms with Gasteiger partial charge in [0.15, 0.2) is 0 Å². The number of carbonyl (C=O) groups excluding carboxylic acids is 2. The summed E-state index contributed by atoms with van der Waals surface area (Å²) in [6.07, 6.45) is 0.660. The molecular weight excluding hydrogens is 352 g/mol. The zero-order valence-electron chi connectivity index (χ0n) is 17.0. The van der Waals surface area contributed by atoms with Crippen molar-refractivity contribution in [3.63, 3.8) is 0 Å². The number of amides is 1. The molecule has 0 unspecified atom stereocenters. The second kappa shape index (κ2) is 8.56. The summed E-state index contributed by atoms with van der Waals surface area (Å²) in [5, 5.41) is 22.2. The van der Waals surface area contributed by atoms with E-state index in [0.29, 0.717) is 11.3 Å². The van der Waals surface area contributed by atoms with Crippen molar-refractivity contribution in [2.24, 2.45) is 0 Å². The third-order valence-electron chi connectivity index (χ3n) is 3.39. The Bertz CT molecular complexity index is 689. The van der Waals surface area contributed by atoms with Crippen LogP contribution in [0.25, 0.3) is 0 Å². The molecule has 27 heavy (non-hydrogen) atoms. The molecule has 1 amide bonds. The Morgan fingerprint density at radius 1 is 1.15 bits per heavy atom. The summed E-state index contributed by atoms with van der Waals surface area (Å²) in [6, 6.07) is -1.08. The molecule has 0 aliphatic carbocycles. The third-order valence-corrected chi connectivity index (χ3v) is 3.39. The fourth-order valence-corrected chi connectivity index (χ4v) is 2.27. The number of pyridine rings is 1. The number of aryl methyl sites for hydroxylation is 1. The van der Waals surface area contributed by atoms with Gasteiger partial charge in [-0.3, -0.25) is 4.98 Å². The van der Waals surface area contributed by atoms with Crippen LogP contribution in [0.3, 0.4) is 0 Å². The highest BCUT2D eigenvalue weighted by molar-refractivity contribution is 5.82. The van der Waals surface area contributed by atoms with E-state index in [2.05, 4.69) is 10.3 Å². The van der Waals surface area contributed by atoms with Crippen molar-refractivity contribution in [3.8, 4) is 5.75 Å². The van der Waals surface area contributed by atoms with Crippen LogP contribution in [0.5, 0.6) is 5.75 Å². The van der Waals surface area contributed by atoms with E-state index in [9.17, 15) is 19.8 Å². The second-order valence-electron chi connectivity index (χ2n) is 8.29. The van der Waals surface area contributed by atoms with Gasteiger partial charge in [-0.2, -0.15) is 0 Å². The first kappa shape index (κ1) is 22.7. The maximum absolute atomic E-state index is 12.6. The molecule has 1 heterocycles. The summed E-state index contributed by atoms with van der Waals surface area (Å²) in [5.41, 5.74) is -0.452. The van der Waals surface area contributed by atoms with Crippen LogP contribution in [0.1, 0.15) is 58.4 Å². The third kappa shape index (κ3) is 7.42. The van der Waals surface area contributed by atoms with Crippen molar-refractivity contribution in [1.29, 1.82) is 0 Å². The lowest BCUT2D eigenvalue weighted by atomic mass is 10.0.